The molecule has 2 heteroatoms. The Hall–Kier alpha value is -1.57. The molecule has 1 saturated carbocycles. The molecule has 0 unspecified atom stereocenters. The van der Waals surface area contributed by atoms with E-state index in [-0.39, 0.29) is 5.91 Å². The van der Waals surface area contributed by atoms with Crippen LogP contribution in [0, 0.1) is 0 Å². The van der Waals surface area contributed by atoms with E-state index in [1.54, 1.807) is 6.08 Å². The second-order valence-corrected chi connectivity index (χ2v) is 3.98. The lowest BCUT2D eigenvalue weighted by atomic mass is 10.1. The Labute approximate surface area is 90.0 Å². The van der Waals surface area contributed by atoms with E-state index in [9.17, 15) is 4.79 Å². The van der Waals surface area contributed by atoms with Crippen molar-refractivity contribution in [2.24, 2.45) is 0 Å². The molecular formula is C13H15NO. The molecular weight excluding hydrogens is 186 g/mol. The van der Waals surface area contributed by atoms with Crippen molar-refractivity contribution in [1.82, 2.24) is 5.32 Å². The van der Waals surface area contributed by atoms with E-state index >= 15 is 0 Å². The van der Waals surface area contributed by atoms with Crippen LogP contribution < -0.4 is 5.32 Å². The quantitative estimate of drug-likeness (QED) is 0.747. The molecule has 1 aliphatic carbocycles. The van der Waals surface area contributed by atoms with E-state index in [0.29, 0.717) is 6.04 Å². The number of amides is 1. The number of hydrogen-bond donors (Lipinski definition) is 1. The molecule has 1 amide bonds. The predicted molar refractivity (Wildman–Crippen MR) is 61.3 cm³/mol. The first-order valence-electron chi connectivity index (χ1n) is 5.30. The minimum atomic E-state index is 0.0267. The van der Waals surface area contributed by atoms with Gasteiger partial charge in [0, 0.05) is 12.1 Å². The highest BCUT2D eigenvalue weighted by Gasteiger charge is 2.22. The van der Waals surface area contributed by atoms with Crippen LogP contribution in [-0.4, -0.2) is 11.9 Å². The Kier molecular flexibility index (Phi) is 2.86. The summed E-state index contributed by atoms with van der Waals surface area (Å²) in [6.45, 7) is 1.96. The van der Waals surface area contributed by atoms with Crippen LogP contribution in [0.2, 0.25) is 0 Å². The molecule has 0 saturated heterocycles. The maximum Gasteiger partial charge on any atom is 0.244 e. The normalized spacial score (nSPS) is 16.2. The third kappa shape index (κ3) is 2.94. The number of rotatable bonds is 3. The summed E-state index contributed by atoms with van der Waals surface area (Å²) in [6.07, 6.45) is 3.93. The zero-order valence-corrected chi connectivity index (χ0v) is 8.86. The highest BCUT2D eigenvalue weighted by atomic mass is 16.1. The van der Waals surface area contributed by atoms with Crippen LogP contribution in [0.5, 0.6) is 0 Å². The van der Waals surface area contributed by atoms with E-state index in [1.165, 1.54) is 0 Å². The highest BCUT2D eigenvalue weighted by molar-refractivity contribution is 5.95. The van der Waals surface area contributed by atoms with Gasteiger partial charge in [-0.25, -0.2) is 0 Å². The van der Waals surface area contributed by atoms with Gasteiger partial charge in [-0.3, -0.25) is 4.79 Å². The molecule has 1 aliphatic rings. The van der Waals surface area contributed by atoms with Gasteiger partial charge in [-0.2, -0.15) is 0 Å². The van der Waals surface area contributed by atoms with Gasteiger partial charge in [0.25, 0.3) is 0 Å². The average molecular weight is 201 g/mol. The molecule has 2 nitrogen and oxygen atoms in total. The van der Waals surface area contributed by atoms with Crippen LogP contribution in [0.1, 0.15) is 25.3 Å². The molecule has 0 heterocycles. The first-order valence-corrected chi connectivity index (χ1v) is 5.30. The Morgan fingerprint density at radius 1 is 1.33 bits per heavy atom. The summed E-state index contributed by atoms with van der Waals surface area (Å²) in [5.41, 5.74) is 2.11. The number of nitrogens with one attached hydrogen (secondary N) is 1. The fraction of sp³-hybridized carbons (Fsp3) is 0.308. The van der Waals surface area contributed by atoms with Gasteiger partial charge in [-0.15, -0.1) is 0 Å². The smallest absolute Gasteiger partial charge is 0.244 e. The van der Waals surface area contributed by atoms with Gasteiger partial charge in [0.2, 0.25) is 5.91 Å². The number of carbonyl (C=O) groups is 1. The minimum Gasteiger partial charge on any atom is -0.350 e. The van der Waals surface area contributed by atoms with Crippen molar-refractivity contribution in [3.05, 3.63) is 42.0 Å². The maximum absolute atomic E-state index is 11.5. The third-order valence-corrected chi connectivity index (χ3v) is 2.50. The molecule has 0 spiro atoms. The van der Waals surface area contributed by atoms with E-state index in [4.69, 9.17) is 0 Å². The van der Waals surface area contributed by atoms with Crippen molar-refractivity contribution in [1.29, 1.82) is 0 Å². The monoisotopic (exact) mass is 201 g/mol. The van der Waals surface area contributed by atoms with Crippen LogP contribution in [0.4, 0.5) is 0 Å². The molecule has 1 aromatic rings. The third-order valence-electron chi connectivity index (χ3n) is 2.50. The van der Waals surface area contributed by atoms with Crippen molar-refractivity contribution < 1.29 is 4.79 Å². The molecule has 0 bridgehead atoms. The lowest BCUT2D eigenvalue weighted by Gasteiger charge is -2.02. The van der Waals surface area contributed by atoms with Gasteiger partial charge in [0.1, 0.15) is 0 Å². The lowest BCUT2D eigenvalue weighted by Crippen LogP contribution is -2.23. The number of carbonyl (C=O) groups excluding carboxylic acids is 1. The number of hydrogen-bond acceptors (Lipinski definition) is 1. The zero-order valence-electron chi connectivity index (χ0n) is 8.86. The molecule has 0 atom stereocenters. The Balaban J connectivity index is 2.02. The molecule has 1 fully saturated rings. The summed E-state index contributed by atoms with van der Waals surface area (Å²) in [6, 6.07) is 10.4. The van der Waals surface area contributed by atoms with Crippen LogP contribution in [0.3, 0.4) is 0 Å². The van der Waals surface area contributed by atoms with Crippen LogP contribution in [0.25, 0.3) is 5.57 Å². The second-order valence-electron chi connectivity index (χ2n) is 3.98. The van der Waals surface area contributed by atoms with Crippen molar-refractivity contribution >= 4 is 11.5 Å². The molecule has 1 aromatic carbocycles. The molecule has 0 aromatic heterocycles. The van der Waals surface area contributed by atoms with E-state index < -0.39 is 0 Å². The fourth-order valence-corrected chi connectivity index (χ4v) is 1.45. The summed E-state index contributed by atoms with van der Waals surface area (Å²) < 4.78 is 0. The van der Waals surface area contributed by atoms with E-state index in [1.807, 2.05) is 37.3 Å². The molecule has 15 heavy (non-hydrogen) atoms. The van der Waals surface area contributed by atoms with Crippen molar-refractivity contribution in [2.45, 2.75) is 25.8 Å². The summed E-state index contributed by atoms with van der Waals surface area (Å²) in [7, 11) is 0. The zero-order chi connectivity index (χ0) is 10.7. The summed E-state index contributed by atoms with van der Waals surface area (Å²) in [5.74, 6) is 0.0267. The first-order chi connectivity index (χ1) is 7.25. The van der Waals surface area contributed by atoms with Crippen LogP contribution >= 0.6 is 0 Å². The second kappa shape index (κ2) is 4.30. The molecule has 0 aliphatic heterocycles. The predicted octanol–water partition coefficient (Wildman–Crippen LogP) is 2.37. The SMILES string of the molecule is C/C(=C/C(=O)NC1CC1)c1ccccc1. The largest absolute Gasteiger partial charge is 0.350 e. The Morgan fingerprint density at radius 2 is 2.00 bits per heavy atom. The van der Waals surface area contributed by atoms with Crippen LogP contribution in [0.15, 0.2) is 36.4 Å². The topological polar surface area (TPSA) is 29.1 Å². The Morgan fingerprint density at radius 3 is 2.60 bits per heavy atom. The van der Waals surface area contributed by atoms with Gasteiger partial charge in [0.05, 0.1) is 0 Å². The van der Waals surface area contributed by atoms with Gasteiger partial charge < -0.3 is 5.32 Å². The van der Waals surface area contributed by atoms with Crippen LogP contribution in [-0.2, 0) is 4.79 Å². The fourth-order valence-electron chi connectivity index (χ4n) is 1.45. The Bertz CT molecular complexity index is 377. The lowest BCUT2D eigenvalue weighted by molar-refractivity contribution is -0.116. The number of benzene rings is 1. The van der Waals surface area contributed by atoms with Crippen molar-refractivity contribution in [2.75, 3.05) is 0 Å². The van der Waals surface area contributed by atoms with Gasteiger partial charge in [-0.1, -0.05) is 30.3 Å². The number of allylic oxidation sites excluding steroid dienone is 1. The van der Waals surface area contributed by atoms with Crippen molar-refractivity contribution in [3.63, 3.8) is 0 Å². The first kappa shape index (κ1) is 9.97. The van der Waals surface area contributed by atoms with E-state index in [2.05, 4.69) is 5.32 Å². The minimum absolute atomic E-state index is 0.0267. The maximum atomic E-state index is 11.5. The van der Waals surface area contributed by atoms with Gasteiger partial charge in [0.15, 0.2) is 0 Å². The van der Waals surface area contributed by atoms with Gasteiger partial charge in [-0.05, 0) is 30.9 Å². The molecule has 0 radical (unpaired) electrons. The van der Waals surface area contributed by atoms with Gasteiger partial charge >= 0.3 is 0 Å². The summed E-state index contributed by atoms with van der Waals surface area (Å²) in [5, 5.41) is 2.94. The molecule has 1 N–H and O–H groups in total. The van der Waals surface area contributed by atoms with E-state index in [0.717, 1.165) is 24.0 Å². The summed E-state index contributed by atoms with van der Waals surface area (Å²) in [4.78, 5) is 11.5. The molecule has 78 valence electrons. The average Bonchev–Trinajstić information content (AvgIpc) is 3.03. The molecule has 2 rings (SSSR count). The summed E-state index contributed by atoms with van der Waals surface area (Å²) >= 11 is 0. The van der Waals surface area contributed by atoms with Crippen molar-refractivity contribution in [3.8, 4) is 0 Å². The highest BCUT2D eigenvalue weighted by Crippen LogP contribution is 2.19. The standard InChI is InChI=1S/C13H15NO/c1-10(11-5-3-2-4-6-11)9-13(15)14-12-7-8-12/h2-6,9,12H,7-8H2,1H3,(H,14,15)/b10-9-.